The molecule has 1 fully saturated rings. The third kappa shape index (κ3) is 2.44. The normalized spacial score (nSPS) is 21.2. The molecule has 5 heteroatoms. The molecule has 92 valence electrons. The summed E-state index contributed by atoms with van der Waals surface area (Å²) < 4.78 is 26.1. The molecule has 0 bridgehead atoms. The van der Waals surface area contributed by atoms with Gasteiger partial charge in [-0.1, -0.05) is 18.2 Å². The minimum Gasteiger partial charge on any atom is -0.369 e. The Morgan fingerprint density at radius 3 is 2.59 bits per heavy atom. The van der Waals surface area contributed by atoms with Gasteiger partial charge in [-0.3, -0.25) is 4.79 Å². The summed E-state index contributed by atoms with van der Waals surface area (Å²) in [4.78, 5) is 10.9. The fourth-order valence-corrected chi connectivity index (χ4v) is 2.02. The molecule has 4 N–H and O–H groups in total. The van der Waals surface area contributed by atoms with E-state index in [9.17, 15) is 13.6 Å². The number of alkyl halides is 2. The van der Waals surface area contributed by atoms with Gasteiger partial charge in [-0.05, 0) is 16.7 Å². The second-order valence-electron chi connectivity index (χ2n) is 4.40. The van der Waals surface area contributed by atoms with Gasteiger partial charge in [0, 0.05) is 13.0 Å². The first kappa shape index (κ1) is 12.0. The maximum atomic E-state index is 13.0. The Hall–Kier alpha value is -1.49. The van der Waals surface area contributed by atoms with Crippen LogP contribution in [0.25, 0.3) is 0 Å². The first-order valence-corrected chi connectivity index (χ1v) is 5.42. The molecule has 3 nitrogen and oxygen atoms in total. The van der Waals surface area contributed by atoms with Crippen molar-refractivity contribution in [2.75, 3.05) is 0 Å². The smallest absolute Gasteiger partial charge is 0.255 e. The molecular weight excluding hydrogens is 226 g/mol. The summed E-state index contributed by atoms with van der Waals surface area (Å²) in [7, 11) is 0. The van der Waals surface area contributed by atoms with Crippen molar-refractivity contribution in [1.29, 1.82) is 0 Å². The zero-order valence-electron chi connectivity index (χ0n) is 9.25. The summed E-state index contributed by atoms with van der Waals surface area (Å²) in [6, 6.07) is 5.04. The van der Waals surface area contributed by atoms with Crippen LogP contribution in [0.3, 0.4) is 0 Å². The van der Waals surface area contributed by atoms with Crippen molar-refractivity contribution in [3.63, 3.8) is 0 Å². The number of amides is 1. The summed E-state index contributed by atoms with van der Waals surface area (Å²) in [5.74, 6) is -3.94. The topological polar surface area (TPSA) is 69.1 Å². The number of carbonyl (C=O) groups is 1. The first-order valence-electron chi connectivity index (χ1n) is 5.42. The number of hydrogen-bond donors (Lipinski definition) is 2. The first-order chi connectivity index (χ1) is 7.94. The van der Waals surface area contributed by atoms with Crippen molar-refractivity contribution in [2.24, 2.45) is 11.5 Å². The predicted molar refractivity (Wildman–Crippen MR) is 59.5 cm³/mol. The minimum absolute atomic E-state index is 0.0181. The van der Waals surface area contributed by atoms with Crippen LogP contribution < -0.4 is 11.5 Å². The molecule has 17 heavy (non-hydrogen) atoms. The highest BCUT2D eigenvalue weighted by Gasteiger charge is 2.58. The third-order valence-corrected chi connectivity index (χ3v) is 3.01. The van der Waals surface area contributed by atoms with Gasteiger partial charge in [0.25, 0.3) is 5.92 Å². The van der Waals surface area contributed by atoms with E-state index in [4.69, 9.17) is 11.5 Å². The molecule has 0 saturated heterocycles. The van der Waals surface area contributed by atoms with Crippen molar-refractivity contribution < 1.29 is 13.6 Å². The van der Waals surface area contributed by atoms with E-state index in [2.05, 4.69) is 0 Å². The summed E-state index contributed by atoms with van der Waals surface area (Å²) in [6.45, 7) is 0.313. The molecule has 0 spiro atoms. The van der Waals surface area contributed by atoms with Crippen molar-refractivity contribution >= 4 is 5.91 Å². The molecule has 2 rings (SSSR count). The van der Waals surface area contributed by atoms with Crippen molar-refractivity contribution in [3.05, 3.63) is 34.9 Å². The Balaban J connectivity index is 2.34. The second-order valence-corrected chi connectivity index (χ2v) is 4.40. The van der Waals surface area contributed by atoms with Crippen LogP contribution in [0.5, 0.6) is 0 Å². The van der Waals surface area contributed by atoms with Crippen molar-refractivity contribution in [2.45, 2.75) is 31.2 Å². The maximum Gasteiger partial charge on any atom is 0.255 e. The second kappa shape index (κ2) is 4.07. The van der Waals surface area contributed by atoms with E-state index in [0.717, 1.165) is 5.56 Å². The maximum absolute atomic E-state index is 13.0. The van der Waals surface area contributed by atoms with Crippen LogP contribution in [0.1, 0.15) is 29.0 Å². The Bertz CT molecular complexity index is 460. The van der Waals surface area contributed by atoms with Crippen LogP contribution in [0, 0.1) is 0 Å². The number of primary amides is 1. The summed E-state index contributed by atoms with van der Waals surface area (Å²) >= 11 is 0. The molecular formula is C12H14F2N2O. The Labute approximate surface area is 97.8 Å². The highest BCUT2D eigenvalue weighted by Crippen LogP contribution is 2.56. The molecule has 0 aliphatic heterocycles. The van der Waals surface area contributed by atoms with Gasteiger partial charge in [-0.25, -0.2) is 8.78 Å². The van der Waals surface area contributed by atoms with Gasteiger partial charge in [-0.15, -0.1) is 0 Å². The van der Waals surface area contributed by atoms with E-state index >= 15 is 0 Å². The fourth-order valence-electron chi connectivity index (χ4n) is 2.02. The zero-order valence-corrected chi connectivity index (χ0v) is 9.25. The lowest BCUT2D eigenvalue weighted by molar-refractivity contribution is -0.117. The number of hydrogen-bond acceptors (Lipinski definition) is 2. The summed E-state index contributed by atoms with van der Waals surface area (Å²) in [6.07, 6.45) is -0.170. The molecule has 1 saturated carbocycles. The summed E-state index contributed by atoms with van der Waals surface area (Å²) in [5.41, 5.74) is 12.5. The van der Waals surface area contributed by atoms with Crippen molar-refractivity contribution in [1.82, 2.24) is 0 Å². The van der Waals surface area contributed by atoms with Crippen LogP contribution >= 0.6 is 0 Å². The molecule has 1 aromatic rings. The van der Waals surface area contributed by atoms with E-state index in [-0.39, 0.29) is 12.8 Å². The lowest BCUT2D eigenvalue weighted by atomic mass is 9.97. The van der Waals surface area contributed by atoms with Gasteiger partial charge in [0.1, 0.15) is 0 Å². The molecule has 0 radical (unpaired) electrons. The van der Waals surface area contributed by atoms with E-state index in [1.807, 2.05) is 0 Å². The lowest BCUT2D eigenvalue weighted by Crippen LogP contribution is -2.15. The van der Waals surface area contributed by atoms with Crippen LogP contribution in [0.4, 0.5) is 8.78 Å². The number of carbonyl (C=O) groups excluding carboxylic acids is 1. The van der Waals surface area contributed by atoms with E-state index < -0.39 is 17.7 Å². The number of rotatable bonds is 4. The van der Waals surface area contributed by atoms with Crippen LogP contribution in [-0.4, -0.2) is 11.8 Å². The van der Waals surface area contributed by atoms with Crippen LogP contribution in [0.2, 0.25) is 0 Å². The molecule has 0 aromatic heterocycles. The molecule has 1 aliphatic carbocycles. The Kier molecular flexibility index (Phi) is 2.87. The van der Waals surface area contributed by atoms with Crippen LogP contribution in [0.15, 0.2) is 18.2 Å². The van der Waals surface area contributed by atoms with Gasteiger partial charge < -0.3 is 11.5 Å². The average Bonchev–Trinajstić information content (AvgIpc) is 2.86. The highest BCUT2D eigenvalue weighted by atomic mass is 19.3. The zero-order chi connectivity index (χ0) is 12.6. The fraction of sp³-hybridized carbons (Fsp3) is 0.417. The van der Waals surface area contributed by atoms with Gasteiger partial charge in [-0.2, -0.15) is 0 Å². The van der Waals surface area contributed by atoms with Gasteiger partial charge in [0.2, 0.25) is 5.91 Å². The lowest BCUT2D eigenvalue weighted by Gasteiger charge is -2.09. The average molecular weight is 240 g/mol. The number of nitrogens with two attached hydrogens (primary N) is 2. The van der Waals surface area contributed by atoms with Crippen LogP contribution in [-0.2, 0) is 17.8 Å². The van der Waals surface area contributed by atoms with Gasteiger partial charge in [0.05, 0.1) is 12.3 Å². The minimum atomic E-state index is -2.64. The monoisotopic (exact) mass is 240 g/mol. The molecule has 1 unspecified atom stereocenters. The molecule has 0 heterocycles. The van der Waals surface area contributed by atoms with Gasteiger partial charge >= 0.3 is 0 Å². The predicted octanol–water partition coefficient (Wildman–Crippen LogP) is 1.30. The standard InChI is InChI=1S/C12H14F2N2O/c13-12(14)5-10(12)9-2-1-7(6-15)3-8(9)4-11(16)17/h1-3,10H,4-6,15H2,(H2,16,17). The molecule has 1 aromatic carbocycles. The molecule has 1 atom stereocenters. The van der Waals surface area contributed by atoms with E-state index in [0.29, 0.717) is 17.7 Å². The van der Waals surface area contributed by atoms with Gasteiger partial charge in [0.15, 0.2) is 0 Å². The quantitative estimate of drug-likeness (QED) is 0.832. The van der Waals surface area contributed by atoms with E-state index in [1.165, 1.54) is 0 Å². The molecule has 1 aliphatic rings. The number of halogens is 2. The Morgan fingerprint density at radius 2 is 2.12 bits per heavy atom. The number of benzene rings is 1. The highest BCUT2D eigenvalue weighted by molar-refractivity contribution is 5.77. The molecule has 1 amide bonds. The van der Waals surface area contributed by atoms with Crippen molar-refractivity contribution in [3.8, 4) is 0 Å². The SMILES string of the molecule is NCc1ccc(C2CC2(F)F)c(CC(N)=O)c1. The third-order valence-electron chi connectivity index (χ3n) is 3.01. The Morgan fingerprint density at radius 1 is 1.47 bits per heavy atom. The largest absolute Gasteiger partial charge is 0.369 e. The van der Waals surface area contributed by atoms with E-state index in [1.54, 1.807) is 18.2 Å². The summed E-state index contributed by atoms with van der Waals surface area (Å²) in [5, 5.41) is 0.